The predicted octanol–water partition coefficient (Wildman–Crippen LogP) is 2.65. The van der Waals surface area contributed by atoms with Gasteiger partial charge in [0.1, 0.15) is 0 Å². The Balaban J connectivity index is 1.48. The molecule has 1 aliphatic heterocycles. The number of benzene rings is 1. The molecule has 0 aliphatic carbocycles. The first-order valence-electron chi connectivity index (χ1n) is 8.43. The number of hydrogen-bond donors (Lipinski definition) is 2. The Morgan fingerprint density at radius 1 is 1.29 bits per heavy atom. The van der Waals surface area contributed by atoms with Gasteiger partial charge in [-0.2, -0.15) is 0 Å². The number of aromatic nitrogens is 1. The third-order valence-corrected chi connectivity index (χ3v) is 4.42. The normalized spacial score (nSPS) is 15.5. The molecule has 1 fully saturated rings. The maximum Gasteiger partial charge on any atom is 0.317 e. The molecule has 2 N–H and O–H groups in total. The largest absolute Gasteiger partial charge is 0.466 e. The van der Waals surface area contributed by atoms with Crippen LogP contribution in [-0.4, -0.2) is 41.6 Å². The molecule has 0 radical (unpaired) electrons. The topological polar surface area (TPSA) is 74.4 Å². The zero-order valence-electron chi connectivity index (χ0n) is 13.9. The number of carbonyl (C=O) groups excluding carboxylic acids is 2. The maximum atomic E-state index is 12.3. The molecule has 6 heteroatoms. The van der Waals surface area contributed by atoms with E-state index in [2.05, 4.69) is 10.3 Å². The fraction of sp³-hybridized carbons (Fsp3) is 0.444. The van der Waals surface area contributed by atoms with Crippen LogP contribution in [0.1, 0.15) is 25.5 Å². The van der Waals surface area contributed by atoms with Gasteiger partial charge in [0.05, 0.1) is 19.1 Å². The van der Waals surface area contributed by atoms with E-state index in [1.165, 1.54) is 0 Å². The fourth-order valence-corrected chi connectivity index (χ4v) is 3.09. The predicted molar refractivity (Wildman–Crippen MR) is 91.5 cm³/mol. The van der Waals surface area contributed by atoms with Crippen molar-refractivity contribution in [3.05, 3.63) is 36.0 Å². The summed E-state index contributed by atoms with van der Waals surface area (Å²) in [6, 6.07) is 9.98. The molecule has 1 aromatic carbocycles. The van der Waals surface area contributed by atoms with Crippen molar-refractivity contribution in [3.8, 4) is 0 Å². The number of H-pyrrole nitrogens is 1. The number of fused-ring (bicyclic) bond motifs is 1. The van der Waals surface area contributed by atoms with E-state index < -0.39 is 0 Å². The molecule has 2 aromatic rings. The van der Waals surface area contributed by atoms with Crippen LogP contribution in [0, 0.1) is 5.92 Å². The Morgan fingerprint density at radius 3 is 2.75 bits per heavy atom. The van der Waals surface area contributed by atoms with Crippen molar-refractivity contribution >= 4 is 22.9 Å². The summed E-state index contributed by atoms with van der Waals surface area (Å²) in [7, 11) is 0. The number of likely N-dealkylation sites (tertiary alicyclic amines) is 1. The number of piperidine rings is 1. The molecular formula is C18H23N3O3. The van der Waals surface area contributed by atoms with Crippen LogP contribution in [0.5, 0.6) is 0 Å². The van der Waals surface area contributed by atoms with Gasteiger partial charge in [0.15, 0.2) is 0 Å². The fourth-order valence-electron chi connectivity index (χ4n) is 3.09. The standard InChI is InChI=1S/C18H23N3O3/c1-2-24-17(22)13-7-9-21(10-8-13)18(23)19-12-15-11-14-5-3-4-6-16(14)20-15/h3-6,11,13,20H,2,7-10,12H2,1H3,(H,19,23). The quantitative estimate of drug-likeness (QED) is 0.847. The summed E-state index contributed by atoms with van der Waals surface area (Å²) in [5, 5.41) is 4.07. The zero-order chi connectivity index (χ0) is 16.9. The van der Waals surface area contributed by atoms with Crippen molar-refractivity contribution in [1.82, 2.24) is 15.2 Å². The van der Waals surface area contributed by atoms with Gasteiger partial charge >= 0.3 is 12.0 Å². The first-order chi connectivity index (χ1) is 11.7. The molecule has 1 aromatic heterocycles. The number of nitrogens with one attached hydrogen (secondary N) is 2. The number of nitrogens with zero attached hydrogens (tertiary/aromatic N) is 1. The van der Waals surface area contributed by atoms with E-state index in [0.29, 0.717) is 39.1 Å². The van der Waals surface area contributed by atoms with Crippen LogP contribution < -0.4 is 5.32 Å². The lowest BCUT2D eigenvalue weighted by atomic mass is 9.97. The van der Waals surface area contributed by atoms with Crippen molar-refractivity contribution in [2.75, 3.05) is 19.7 Å². The summed E-state index contributed by atoms with van der Waals surface area (Å²) in [6.45, 7) is 3.85. The highest BCUT2D eigenvalue weighted by Gasteiger charge is 2.28. The van der Waals surface area contributed by atoms with Crippen LogP contribution in [0.25, 0.3) is 10.9 Å². The summed E-state index contributed by atoms with van der Waals surface area (Å²) < 4.78 is 5.05. The molecule has 3 rings (SSSR count). The number of carbonyl (C=O) groups is 2. The van der Waals surface area contributed by atoms with E-state index in [0.717, 1.165) is 16.6 Å². The van der Waals surface area contributed by atoms with Crippen molar-refractivity contribution in [2.24, 2.45) is 5.92 Å². The van der Waals surface area contributed by atoms with E-state index in [-0.39, 0.29) is 17.9 Å². The van der Waals surface area contributed by atoms with E-state index >= 15 is 0 Å². The van der Waals surface area contributed by atoms with Gasteiger partial charge in [-0.15, -0.1) is 0 Å². The number of rotatable bonds is 4. The second-order valence-corrected chi connectivity index (χ2v) is 6.05. The lowest BCUT2D eigenvalue weighted by Crippen LogP contribution is -2.45. The van der Waals surface area contributed by atoms with E-state index in [1.54, 1.807) is 4.90 Å². The maximum absolute atomic E-state index is 12.3. The average molecular weight is 329 g/mol. The van der Waals surface area contributed by atoms with Crippen LogP contribution in [0.15, 0.2) is 30.3 Å². The van der Waals surface area contributed by atoms with Gasteiger partial charge in [-0.25, -0.2) is 4.79 Å². The number of hydrogen-bond acceptors (Lipinski definition) is 3. The average Bonchev–Trinajstić information content (AvgIpc) is 3.03. The highest BCUT2D eigenvalue weighted by atomic mass is 16.5. The first-order valence-corrected chi connectivity index (χ1v) is 8.43. The molecule has 0 unspecified atom stereocenters. The van der Waals surface area contributed by atoms with Crippen LogP contribution in [0.2, 0.25) is 0 Å². The molecule has 1 saturated heterocycles. The smallest absolute Gasteiger partial charge is 0.317 e. The Morgan fingerprint density at radius 2 is 2.04 bits per heavy atom. The number of para-hydroxylation sites is 1. The lowest BCUT2D eigenvalue weighted by molar-refractivity contribution is -0.149. The molecule has 6 nitrogen and oxygen atoms in total. The number of aromatic amines is 1. The van der Waals surface area contributed by atoms with Gasteiger partial charge < -0.3 is 19.9 Å². The van der Waals surface area contributed by atoms with Crippen molar-refractivity contribution in [3.63, 3.8) is 0 Å². The first kappa shape index (κ1) is 16.4. The summed E-state index contributed by atoms with van der Waals surface area (Å²) in [4.78, 5) is 29.1. The molecular weight excluding hydrogens is 306 g/mol. The monoisotopic (exact) mass is 329 g/mol. The van der Waals surface area contributed by atoms with Gasteiger partial charge in [-0.05, 0) is 37.3 Å². The Hall–Kier alpha value is -2.50. The second kappa shape index (κ2) is 7.38. The minimum absolute atomic E-state index is 0.0808. The number of urea groups is 1. The Kier molecular flexibility index (Phi) is 5.03. The third-order valence-electron chi connectivity index (χ3n) is 4.42. The van der Waals surface area contributed by atoms with Crippen molar-refractivity contribution < 1.29 is 14.3 Å². The SMILES string of the molecule is CCOC(=O)C1CCN(C(=O)NCc2cc3ccccc3[nH]2)CC1. The van der Waals surface area contributed by atoms with Crippen molar-refractivity contribution in [1.29, 1.82) is 0 Å². The highest BCUT2D eigenvalue weighted by molar-refractivity contribution is 5.80. The van der Waals surface area contributed by atoms with Gasteiger partial charge in [-0.1, -0.05) is 18.2 Å². The molecule has 0 bridgehead atoms. The molecule has 128 valence electrons. The number of ether oxygens (including phenoxy) is 1. The number of amides is 2. The molecule has 1 aliphatic rings. The van der Waals surface area contributed by atoms with E-state index in [4.69, 9.17) is 4.74 Å². The highest BCUT2D eigenvalue weighted by Crippen LogP contribution is 2.19. The van der Waals surface area contributed by atoms with Crippen molar-refractivity contribution in [2.45, 2.75) is 26.3 Å². The van der Waals surface area contributed by atoms with Crippen LogP contribution in [-0.2, 0) is 16.1 Å². The minimum atomic E-state index is -0.143. The van der Waals surface area contributed by atoms with Crippen LogP contribution in [0.4, 0.5) is 4.79 Å². The molecule has 0 atom stereocenters. The molecule has 2 heterocycles. The summed E-state index contributed by atoms with van der Waals surface area (Å²) >= 11 is 0. The summed E-state index contributed by atoms with van der Waals surface area (Å²) in [5.41, 5.74) is 2.04. The Labute approximate surface area is 141 Å². The van der Waals surface area contributed by atoms with E-state index in [1.807, 2.05) is 37.3 Å². The Bertz CT molecular complexity index is 684. The third kappa shape index (κ3) is 3.69. The van der Waals surface area contributed by atoms with Gasteiger partial charge in [0.2, 0.25) is 0 Å². The molecule has 0 spiro atoms. The molecule has 24 heavy (non-hydrogen) atoms. The van der Waals surface area contributed by atoms with Gasteiger partial charge in [0, 0.05) is 24.3 Å². The minimum Gasteiger partial charge on any atom is -0.466 e. The zero-order valence-corrected chi connectivity index (χ0v) is 13.9. The van der Waals surface area contributed by atoms with E-state index in [9.17, 15) is 9.59 Å². The summed E-state index contributed by atoms with van der Waals surface area (Å²) in [5.74, 6) is -0.224. The van der Waals surface area contributed by atoms with Crippen LogP contribution >= 0.6 is 0 Å². The lowest BCUT2D eigenvalue weighted by Gasteiger charge is -2.30. The number of esters is 1. The van der Waals surface area contributed by atoms with Crippen LogP contribution in [0.3, 0.4) is 0 Å². The van der Waals surface area contributed by atoms with Gasteiger partial charge in [0.25, 0.3) is 0 Å². The summed E-state index contributed by atoms with van der Waals surface area (Å²) in [6.07, 6.45) is 1.33. The molecule has 0 saturated carbocycles. The molecule has 2 amide bonds. The van der Waals surface area contributed by atoms with Gasteiger partial charge in [-0.3, -0.25) is 4.79 Å². The second-order valence-electron chi connectivity index (χ2n) is 6.05.